The second-order valence-corrected chi connectivity index (χ2v) is 10.1. The Balaban J connectivity index is 1.58. The summed E-state index contributed by atoms with van der Waals surface area (Å²) in [6, 6.07) is 0. The molecule has 1 aromatic carbocycles. The molecule has 3 rings (SSSR count). The van der Waals surface area contributed by atoms with Gasteiger partial charge >= 0.3 is 0 Å². The number of aromatic nitrogens is 3. The molecule has 2 N–H and O–H groups in total. The van der Waals surface area contributed by atoms with Crippen molar-refractivity contribution in [3.05, 3.63) is 39.5 Å². The Labute approximate surface area is 184 Å². The van der Waals surface area contributed by atoms with Crippen molar-refractivity contribution < 1.29 is 13.2 Å². The molecule has 8 nitrogen and oxygen atoms in total. The largest absolute Gasteiger partial charge is 0.349 e. The highest BCUT2D eigenvalue weighted by Gasteiger charge is 2.23. The Morgan fingerprint density at radius 1 is 0.935 bits per heavy atom. The topological polar surface area (TPSA) is 106 Å². The molecule has 0 bridgehead atoms. The number of nitrogens with zero attached hydrogens (tertiary/aromatic N) is 3. The number of hydrogen-bond donors (Lipinski definition) is 2. The zero-order chi connectivity index (χ0) is 22.8. The second kappa shape index (κ2) is 9.48. The quantitative estimate of drug-likeness (QED) is 0.678. The van der Waals surface area contributed by atoms with Gasteiger partial charge in [0.05, 0.1) is 11.4 Å². The van der Waals surface area contributed by atoms with Crippen LogP contribution in [0.15, 0.2) is 4.90 Å². The summed E-state index contributed by atoms with van der Waals surface area (Å²) >= 11 is 0. The van der Waals surface area contributed by atoms with Gasteiger partial charge in [0, 0.05) is 25.9 Å². The minimum Gasteiger partial charge on any atom is -0.349 e. The van der Waals surface area contributed by atoms with Crippen molar-refractivity contribution in [3.8, 4) is 0 Å². The minimum atomic E-state index is -3.71. The van der Waals surface area contributed by atoms with E-state index in [-0.39, 0.29) is 18.9 Å². The van der Waals surface area contributed by atoms with Crippen LogP contribution < -0.4 is 10.0 Å². The number of aryl methyl sites for hydroxylation is 1. The van der Waals surface area contributed by atoms with Crippen LogP contribution in [0.25, 0.3) is 0 Å². The first-order valence-corrected chi connectivity index (χ1v) is 12.4. The molecule has 0 saturated carbocycles. The highest BCUT2D eigenvalue weighted by Crippen LogP contribution is 2.29. The van der Waals surface area contributed by atoms with E-state index in [4.69, 9.17) is 0 Å². The van der Waals surface area contributed by atoms with Crippen LogP contribution in [0.4, 0.5) is 0 Å². The fraction of sp³-hybridized carbons (Fsp3) is 0.591. The SMILES string of the molecule is Cc1c(C)c(C)c(S(=O)(=O)NCCC(=O)NCc2nnc3n2CCCCC3)c(C)c1C. The summed E-state index contributed by atoms with van der Waals surface area (Å²) in [6.45, 7) is 10.8. The number of carbonyl (C=O) groups excluding carboxylic acids is 1. The summed E-state index contributed by atoms with van der Waals surface area (Å²) in [5, 5.41) is 11.3. The van der Waals surface area contributed by atoms with Crippen LogP contribution in [0, 0.1) is 34.6 Å². The maximum atomic E-state index is 12.9. The van der Waals surface area contributed by atoms with Gasteiger partial charge in [-0.2, -0.15) is 0 Å². The summed E-state index contributed by atoms with van der Waals surface area (Å²) < 4.78 is 30.6. The highest BCUT2D eigenvalue weighted by molar-refractivity contribution is 7.89. The van der Waals surface area contributed by atoms with E-state index >= 15 is 0 Å². The van der Waals surface area contributed by atoms with Crippen LogP contribution in [0.3, 0.4) is 0 Å². The first kappa shape index (κ1) is 23.4. The third-order valence-electron chi connectivity index (χ3n) is 6.47. The number of amides is 1. The van der Waals surface area contributed by atoms with Gasteiger partial charge in [-0.1, -0.05) is 6.42 Å². The lowest BCUT2D eigenvalue weighted by atomic mass is 9.95. The second-order valence-electron chi connectivity index (χ2n) is 8.37. The normalized spacial score (nSPS) is 14.2. The summed E-state index contributed by atoms with van der Waals surface area (Å²) in [4.78, 5) is 12.6. The van der Waals surface area contributed by atoms with Gasteiger partial charge in [0.1, 0.15) is 5.82 Å². The average Bonchev–Trinajstić information content (AvgIpc) is 2.95. The van der Waals surface area contributed by atoms with E-state index in [2.05, 4.69) is 24.8 Å². The molecule has 2 aromatic rings. The molecule has 2 heterocycles. The molecule has 0 unspecified atom stereocenters. The molecule has 1 amide bonds. The predicted molar refractivity (Wildman–Crippen MR) is 119 cm³/mol. The molecule has 0 fully saturated rings. The van der Waals surface area contributed by atoms with Crippen molar-refractivity contribution in [1.29, 1.82) is 0 Å². The lowest BCUT2D eigenvalue weighted by Gasteiger charge is -2.19. The lowest BCUT2D eigenvalue weighted by molar-refractivity contribution is -0.121. The standard InChI is InChI=1S/C22H33N5O3S/c1-14-15(2)17(4)22(18(5)16(14)3)31(29,30)24-11-10-21(28)23-13-20-26-25-19-9-7-6-8-12-27(19)20/h24H,6-13H2,1-5H3,(H,23,28). The Kier molecular flexibility index (Phi) is 7.16. The molecule has 31 heavy (non-hydrogen) atoms. The maximum absolute atomic E-state index is 12.9. The number of nitrogens with one attached hydrogen (secondary N) is 2. The van der Waals surface area contributed by atoms with Crippen molar-refractivity contribution in [2.24, 2.45) is 0 Å². The van der Waals surface area contributed by atoms with E-state index in [1.807, 2.05) is 34.6 Å². The number of rotatable bonds is 7. The third kappa shape index (κ3) is 4.98. The summed E-state index contributed by atoms with van der Waals surface area (Å²) in [5.74, 6) is 1.50. The van der Waals surface area contributed by atoms with E-state index in [0.29, 0.717) is 11.4 Å². The number of carbonyl (C=O) groups is 1. The molecule has 0 spiro atoms. The van der Waals surface area contributed by atoms with Gasteiger partial charge in [0.15, 0.2) is 5.82 Å². The molecular weight excluding hydrogens is 414 g/mol. The molecule has 0 atom stereocenters. The van der Waals surface area contributed by atoms with Gasteiger partial charge in [-0.25, -0.2) is 13.1 Å². The van der Waals surface area contributed by atoms with E-state index in [1.54, 1.807) is 0 Å². The van der Waals surface area contributed by atoms with Crippen LogP contribution in [0.1, 0.15) is 65.1 Å². The van der Waals surface area contributed by atoms with Crippen LogP contribution in [-0.2, 0) is 34.3 Å². The number of benzene rings is 1. The third-order valence-corrected chi connectivity index (χ3v) is 8.21. The molecule has 9 heteroatoms. The molecule has 1 aromatic heterocycles. The van der Waals surface area contributed by atoms with Gasteiger partial charge in [-0.3, -0.25) is 4.79 Å². The van der Waals surface area contributed by atoms with E-state index in [0.717, 1.165) is 65.3 Å². The molecule has 170 valence electrons. The Morgan fingerprint density at radius 3 is 2.26 bits per heavy atom. The van der Waals surface area contributed by atoms with Crippen molar-refractivity contribution in [2.45, 2.75) is 84.7 Å². The summed E-state index contributed by atoms with van der Waals surface area (Å²) in [6.07, 6.45) is 4.35. The lowest BCUT2D eigenvalue weighted by Crippen LogP contribution is -2.32. The molecular formula is C22H33N5O3S. The smallest absolute Gasteiger partial charge is 0.241 e. The van der Waals surface area contributed by atoms with Gasteiger partial charge in [0.2, 0.25) is 15.9 Å². The fourth-order valence-electron chi connectivity index (χ4n) is 4.18. The van der Waals surface area contributed by atoms with E-state index in [1.165, 1.54) is 6.42 Å². The predicted octanol–water partition coefficient (Wildman–Crippen LogP) is 2.53. The van der Waals surface area contributed by atoms with Crippen molar-refractivity contribution in [1.82, 2.24) is 24.8 Å². The molecule has 1 aliphatic heterocycles. The molecule has 0 radical (unpaired) electrons. The number of sulfonamides is 1. The van der Waals surface area contributed by atoms with Gasteiger partial charge in [0.25, 0.3) is 0 Å². The van der Waals surface area contributed by atoms with Crippen LogP contribution in [0.2, 0.25) is 0 Å². The van der Waals surface area contributed by atoms with Crippen molar-refractivity contribution >= 4 is 15.9 Å². The highest BCUT2D eigenvalue weighted by atomic mass is 32.2. The summed E-state index contributed by atoms with van der Waals surface area (Å²) in [5.41, 5.74) is 4.58. The zero-order valence-electron chi connectivity index (χ0n) is 19.1. The molecule has 0 saturated heterocycles. The first-order valence-electron chi connectivity index (χ1n) is 10.9. The summed E-state index contributed by atoms with van der Waals surface area (Å²) in [7, 11) is -3.71. The van der Waals surface area contributed by atoms with Crippen LogP contribution in [-0.4, -0.2) is 35.6 Å². The average molecular weight is 448 g/mol. The minimum absolute atomic E-state index is 0.0386. The van der Waals surface area contributed by atoms with Crippen LogP contribution in [0.5, 0.6) is 0 Å². The first-order chi connectivity index (χ1) is 14.6. The van der Waals surface area contributed by atoms with Gasteiger partial charge in [-0.05, 0) is 75.3 Å². The van der Waals surface area contributed by atoms with Gasteiger partial charge < -0.3 is 9.88 Å². The van der Waals surface area contributed by atoms with E-state index in [9.17, 15) is 13.2 Å². The monoisotopic (exact) mass is 447 g/mol. The molecule has 1 aliphatic rings. The van der Waals surface area contributed by atoms with Gasteiger partial charge in [-0.15, -0.1) is 10.2 Å². The Morgan fingerprint density at radius 2 is 1.58 bits per heavy atom. The van der Waals surface area contributed by atoms with Crippen molar-refractivity contribution in [3.63, 3.8) is 0 Å². The van der Waals surface area contributed by atoms with Crippen LogP contribution >= 0.6 is 0 Å². The Hall–Kier alpha value is -2.26. The fourth-order valence-corrected chi connectivity index (χ4v) is 5.81. The number of fused-ring (bicyclic) bond motifs is 1. The maximum Gasteiger partial charge on any atom is 0.241 e. The Bertz CT molecular complexity index is 1060. The van der Waals surface area contributed by atoms with E-state index < -0.39 is 10.0 Å². The van der Waals surface area contributed by atoms with Crippen molar-refractivity contribution in [2.75, 3.05) is 6.54 Å². The number of hydrogen-bond acceptors (Lipinski definition) is 5. The molecule has 0 aliphatic carbocycles. The zero-order valence-corrected chi connectivity index (χ0v) is 19.9.